The lowest BCUT2D eigenvalue weighted by Gasteiger charge is -2.39. The van der Waals surface area contributed by atoms with Gasteiger partial charge in [-0.05, 0) is 32.7 Å². The summed E-state index contributed by atoms with van der Waals surface area (Å²) in [4.78, 5) is 17.3. The first-order valence-electron chi connectivity index (χ1n) is 8.56. The maximum Gasteiger partial charge on any atom is 0.230 e. The topological polar surface area (TPSA) is 63.5 Å². The molecule has 23 heavy (non-hydrogen) atoms. The van der Waals surface area contributed by atoms with Crippen molar-refractivity contribution in [2.24, 2.45) is 5.41 Å². The van der Waals surface area contributed by atoms with Crippen molar-refractivity contribution >= 4 is 5.91 Å². The van der Waals surface area contributed by atoms with Crippen molar-refractivity contribution in [3.63, 3.8) is 0 Å². The molecule has 0 bridgehead atoms. The number of aromatic nitrogens is 3. The van der Waals surface area contributed by atoms with Crippen LogP contribution in [0, 0.1) is 5.41 Å². The van der Waals surface area contributed by atoms with E-state index in [-0.39, 0.29) is 5.41 Å². The molecule has 1 aromatic rings. The molecule has 2 saturated heterocycles. The zero-order valence-corrected chi connectivity index (χ0v) is 14.2. The van der Waals surface area contributed by atoms with Crippen LogP contribution in [0.2, 0.25) is 0 Å². The first-order chi connectivity index (χ1) is 11.2. The molecule has 1 amide bonds. The minimum Gasteiger partial charge on any atom is -0.383 e. The summed E-state index contributed by atoms with van der Waals surface area (Å²) < 4.78 is 7.21. The monoisotopic (exact) mass is 321 g/mol. The highest BCUT2D eigenvalue weighted by molar-refractivity contribution is 5.84. The second kappa shape index (κ2) is 6.97. The molecule has 3 heterocycles. The number of carbonyl (C=O) groups excluding carboxylic acids is 1. The number of rotatable bonds is 6. The van der Waals surface area contributed by atoms with Crippen LogP contribution in [0.15, 0.2) is 6.33 Å². The first-order valence-corrected chi connectivity index (χ1v) is 8.56. The van der Waals surface area contributed by atoms with Crippen LogP contribution in [0.4, 0.5) is 0 Å². The van der Waals surface area contributed by atoms with E-state index in [4.69, 9.17) is 4.74 Å². The molecule has 1 spiro atoms. The number of amides is 1. The number of likely N-dealkylation sites (tertiary alicyclic amines) is 2. The maximum absolute atomic E-state index is 12.9. The van der Waals surface area contributed by atoms with Crippen molar-refractivity contribution in [3.8, 4) is 0 Å². The second-order valence-corrected chi connectivity index (χ2v) is 6.66. The summed E-state index contributed by atoms with van der Waals surface area (Å²) in [6.07, 6.45) is 4.83. The van der Waals surface area contributed by atoms with E-state index in [2.05, 4.69) is 26.6 Å². The number of carbonyl (C=O) groups is 1. The number of methoxy groups -OCH3 is 1. The van der Waals surface area contributed by atoms with Gasteiger partial charge in [-0.3, -0.25) is 9.69 Å². The SMILES string of the molecule is CCn1cnnc1CN1CC[C@@]2(CCCN(CCOC)C2=O)C1. The number of nitrogens with zero attached hydrogens (tertiary/aromatic N) is 5. The average Bonchev–Trinajstić information content (AvgIpc) is 3.17. The zero-order valence-electron chi connectivity index (χ0n) is 14.2. The summed E-state index contributed by atoms with van der Waals surface area (Å²) in [6.45, 7) is 7.75. The van der Waals surface area contributed by atoms with Gasteiger partial charge in [-0.15, -0.1) is 10.2 Å². The van der Waals surface area contributed by atoms with E-state index in [0.29, 0.717) is 19.1 Å². The summed E-state index contributed by atoms with van der Waals surface area (Å²) in [6, 6.07) is 0. The Bertz CT molecular complexity index is 546. The highest BCUT2D eigenvalue weighted by Crippen LogP contribution is 2.40. The third-order valence-corrected chi connectivity index (χ3v) is 5.22. The van der Waals surface area contributed by atoms with Crippen molar-refractivity contribution in [1.29, 1.82) is 0 Å². The molecule has 0 aromatic carbocycles. The predicted molar refractivity (Wildman–Crippen MR) is 85.7 cm³/mol. The van der Waals surface area contributed by atoms with Gasteiger partial charge in [-0.1, -0.05) is 0 Å². The Morgan fingerprint density at radius 1 is 1.35 bits per heavy atom. The van der Waals surface area contributed by atoms with Crippen LogP contribution in [0.3, 0.4) is 0 Å². The normalized spacial score (nSPS) is 25.7. The summed E-state index contributed by atoms with van der Waals surface area (Å²) >= 11 is 0. The quantitative estimate of drug-likeness (QED) is 0.774. The van der Waals surface area contributed by atoms with Gasteiger partial charge >= 0.3 is 0 Å². The van der Waals surface area contributed by atoms with E-state index in [9.17, 15) is 4.79 Å². The van der Waals surface area contributed by atoms with Crippen molar-refractivity contribution in [3.05, 3.63) is 12.2 Å². The van der Waals surface area contributed by atoms with Crippen molar-refractivity contribution < 1.29 is 9.53 Å². The summed E-state index contributed by atoms with van der Waals surface area (Å²) in [5, 5.41) is 8.21. The lowest BCUT2D eigenvalue weighted by Crippen LogP contribution is -2.50. The molecule has 2 fully saturated rings. The highest BCUT2D eigenvalue weighted by atomic mass is 16.5. The maximum atomic E-state index is 12.9. The lowest BCUT2D eigenvalue weighted by atomic mass is 9.78. The largest absolute Gasteiger partial charge is 0.383 e. The third-order valence-electron chi connectivity index (χ3n) is 5.22. The third kappa shape index (κ3) is 3.26. The van der Waals surface area contributed by atoms with E-state index in [1.54, 1.807) is 13.4 Å². The van der Waals surface area contributed by atoms with Gasteiger partial charge in [0.2, 0.25) is 5.91 Å². The number of piperidine rings is 1. The fraction of sp³-hybridized carbons (Fsp3) is 0.812. The van der Waals surface area contributed by atoms with Gasteiger partial charge in [0.1, 0.15) is 12.2 Å². The van der Waals surface area contributed by atoms with Gasteiger partial charge in [0, 0.05) is 33.3 Å². The number of hydrogen-bond acceptors (Lipinski definition) is 5. The minimum absolute atomic E-state index is 0.191. The smallest absolute Gasteiger partial charge is 0.230 e. The Hall–Kier alpha value is -1.47. The Kier molecular flexibility index (Phi) is 4.96. The fourth-order valence-corrected chi connectivity index (χ4v) is 3.90. The fourth-order valence-electron chi connectivity index (χ4n) is 3.90. The van der Waals surface area contributed by atoms with E-state index in [1.807, 2.05) is 4.90 Å². The van der Waals surface area contributed by atoms with Gasteiger partial charge in [-0.25, -0.2) is 0 Å². The van der Waals surface area contributed by atoms with Crippen molar-refractivity contribution in [2.75, 3.05) is 39.9 Å². The average molecular weight is 321 g/mol. The first kappa shape index (κ1) is 16.4. The predicted octanol–water partition coefficient (Wildman–Crippen LogP) is 0.759. The van der Waals surface area contributed by atoms with Gasteiger partial charge in [0.25, 0.3) is 0 Å². The molecule has 2 aliphatic heterocycles. The zero-order chi connectivity index (χ0) is 16.3. The Labute approximate surface area is 137 Å². The molecular weight excluding hydrogens is 294 g/mol. The van der Waals surface area contributed by atoms with Crippen LogP contribution in [0.25, 0.3) is 0 Å². The molecule has 1 aromatic heterocycles. The molecule has 0 N–H and O–H groups in total. The number of aryl methyl sites for hydroxylation is 1. The molecule has 0 unspecified atom stereocenters. The molecule has 7 heteroatoms. The Morgan fingerprint density at radius 3 is 3.00 bits per heavy atom. The summed E-state index contributed by atoms with van der Waals surface area (Å²) in [5.74, 6) is 1.31. The van der Waals surface area contributed by atoms with Gasteiger partial charge in [-0.2, -0.15) is 0 Å². The van der Waals surface area contributed by atoms with Gasteiger partial charge < -0.3 is 14.2 Å². The van der Waals surface area contributed by atoms with E-state index < -0.39 is 0 Å². The van der Waals surface area contributed by atoms with Crippen LogP contribution < -0.4 is 0 Å². The Morgan fingerprint density at radius 2 is 2.22 bits per heavy atom. The van der Waals surface area contributed by atoms with Crippen LogP contribution in [0.5, 0.6) is 0 Å². The summed E-state index contributed by atoms with van der Waals surface area (Å²) in [5.41, 5.74) is -0.191. The second-order valence-electron chi connectivity index (χ2n) is 6.66. The summed E-state index contributed by atoms with van der Waals surface area (Å²) in [7, 11) is 1.69. The Balaban J connectivity index is 1.64. The van der Waals surface area contributed by atoms with Gasteiger partial charge in [0.05, 0.1) is 18.6 Å². The van der Waals surface area contributed by atoms with E-state index >= 15 is 0 Å². The number of ether oxygens (including phenoxy) is 1. The molecule has 128 valence electrons. The molecule has 2 aliphatic rings. The van der Waals surface area contributed by atoms with Crippen LogP contribution >= 0.6 is 0 Å². The molecule has 1 atom stereocenters. The van der Waals surface area contributed by atoms with Crippen molar-refractivity contribution in [2.45, 2.75) is 39.3 Å². The molecular formula is C16H27N5O2. The molecule has 0 saturated carbocycles. The van der Waals surface area contributed by atoms with Crippen LogP contribution in [0.1, 0.15) is 32.0 Å². The number of hydrogen-bond donors (Lipinski definition) is 0. The molecule has 0 aliphatic carbocycles. The molecule has 7 nitrogen and oxygen atoms in total. The van der Waals surface area contributed by atoms with Crippen LogP contribution in [-0.2, 0) is 22.6 Å². The van der Waals surface area contributed by atoms with E-state index in [0.717, 1.165) is 57.8 Å². The molecule has 3 rings (SSSR count). The van der Waals surface area contributed by atoms with Gasteiger partial charge in [0.15, 0.2) is 0 Å². The van der Waals surface area contributed by atoms with Crippen LogP contribution in [-0.4, -0.2) is 70.4 Å². The molecule has 0 radical (unpaired) electrons. The standard InChI is InChI=1S/C16H27N5O2/c1-3-20-13-17-18-14(20)11-19-8-6-16(12-19)5-4-7-21(15(16)22)9-10-23-2/h13H,3-12H2,1-2H3/t16-/m0/s1. The highest BCUT2D eigenvalue weighted by Gasteiger charge is 2.48. The van der Waals surface area contributed by atoms with E-state index in [1.165, 1.54) is 0 Å². The lowest BCUT2D eigenvalue weighted by molar-refractivity contribution is -0.146. The van der Waals surface area contributed by atoms with Crippen molar-refractivity contribution in [1.82, 2.24) is 24.6 Å². The minimum atomic E-state index is -0.191.